The predicted molar refractivity (Wildman–Crippen MR) is 119 cm³/mol. The highest BCUT2D eigenvalue weighted by Crippen LogP contribution is 2.19. The van der Waals surface area contributed by atoms with Crippen molar-refractivity contribution < 1.29 is 14.7 Å². The minimum absolute atomic E-state index is 0.0506. The summed E-state index contributed by atoms with van der Waals surface area (Å²) in [7, 11) is 0. The number of hydrogen-bond acceptors (Lipinski definition) is 5. The van der Waals surface area contributed by atoms with Crippen LogP contribution in [-0.2, 0) is 13.1 Å². The van der Waals surface area contributed by atoms with Crippen molar-refractivity contribution in [3.8, 4) is 0 Å². The molecule has 1 aromatic carbocycles. The van der Waals surface area contributed by atoms with E-state index in [0.717, 1.165) is 5.56 Å². The number of rotatable bonds is 6. The number of nitrogens with zero attached hydrogens (tertiary/aromatic N) is 3. The fourth-order valence-electron chi connectivity index (χ4n) is 3.25. The maximum atomic E-state index is 13.1. The number of hydrogen-bond donors (Lipinski definition) is 3. The largest absolute Gasteiger partial charge is 0.465 e. The van der Waals surface area contributed by atoms with Gasteiger partial charge in [0.25, 0.3) is 11.5 Å². The van der Waals surface area contributed by atoms with Crippen molar-refractivity contribution >= 4 is 28.7 Å². The third kappa shape index (κ3) is 4.62. The first kappa shape index (κ1) is 20.7. The number of carbonyl (C=O) groups excluding carboxylic acids is 1. The van der Waals surface area contributed by atoms with Crippen molar-refractivity contribution in [1.82, 2.24) is 19.9 Å². The Morgan fingerprint density at radius 1 is 1.03 bits per heavy atom. The lowest BCUT2D eigenvalue weighted by Gasteiger charge is -2.12. The summed E-state index contributed by atoms with van der Waals surface area (Å²) in [5, 5.41) is 14.2. The van der Waals surface area contributed by atoms with E-state index in [2.05, 4.69) is 20.6 Å². The van der Waals surface area contributed by atoms with Crippen LogP contribution in [-0.4, -0.2) is 31.6 Å². The van der Waals surface area contributed by atoms with Gasteiger partial charge in [0.1, 0.15) is 5.82 Å². The maximum absolute atomic E-state index is 13.1. The average molecular weight is 429 g/mol. The van der Waals surface area contributed by atoms with Crippen LogP contribution in [0.5, 0.6) is 0 Å². The molecule has 9 heteroatoms. The quantitative estimate of drug-likeness (QED) is 0.433. The van der Waals surface area contributed by atoms with E-state index in [1.807, 2.05) is 30.3 Å². The lowest BCUT2D eigenvalue weighted by molar-refractivity contribution is 0.0951. The van der Waals surface area contributed by atoms with Crippen molar-refractivity contribution in [3.63, 3.8) is 0 Å². The van der Waals surface area contributed by atoms with Gasteiger partial charge in [-0.15, -0.1) is 0 Å². The molecule has 0 spiro atoms. The Balaban J connectivity index is 1.71. The van der Waals surface area contributed by atoms with E-state index in [1.165, 1.54) is 10.6 Å². The van der Waals surface area contributed by atoms with Crippen LogP contribution in [0.2, 0.25) is 0 Å². The number of nitrogens with one attached hydrogen (secondary N) is 2. The smallest absolute Gasteiger partial charge is 0.410 e. The molecule has 4 rings (SSSR count). The van der Waals surface area contributed by atoms with Gasteiger partial charge in [0.15, 0.2) is 0 Å². The molecule has 3 N–H and O–H groups in total. The van der Waals surface area contributed by atoms with Crippen LogP contribution >= 0.6 is 0 Å². The molecular formula is C23H19N5O4. The van der Waals surface area contributed by atoms with Gasteiger partial charge in [0.05, 0.1) is 35.2 Å². The molecule has 0 atom stereocenters. The van der Waals surface area contributed by atoms with Crippen LogP contribution in [0.3, 0.4) is 0 Å². The topological polar surface area (TPSA) is 126 Å². The first-order valence-corrected chi connectivity index (χ1v) is 9.77. The molecule has 160 valence electrons. The highest BCUT2D eigenvalue weighted by molar-refractivity contribution is 6.04. The van der Waals surface area contributed by atoms with E-state index in [9.17, 15) is 14.4 Å². The van der Waals surface area contributed by atoms with Gasteiger partial charge in [-0.2, -0.15) is 0 Å². The summed E-state index contributed by atoms with van der Waals surface area (Å²) in [6.45, 7) is 0.489. The zero-order chi connectivity index (χ0) is 22.5. The fraction of sp³-hybridized carbons (Fsp3) is 0.0870. The number of carboxylic acid groups (broad SMARTS) is 1. The summed E-state index contributed by atoms with van der Waals surface area (Å²) < 4.78 is 1.51. The predicted octanol–water partition coefficient (Wildman–Crippen LogP) is 2.86. The number of pyridine rings is 3. The van der Waals surface area contributed by atoms with Gasteiger partial charge in [-0.05, 0) is 29.8 Å². The molecule has 3 heterocycles. The Morgan fingerprint density at radius 2 is 1.81 bits per heavy atom. The number of amides is 2. The first-order valence-electron chi connectivity index (χ1n) is 9.77. The van der Waals surface area contributed by atoms with E-state index in [1.54, 1.807) is 36.7 Å². The van der Waals surface area contributed by atoms with Crippen molar-refractivity contribution in [3.05, 3.63) is 100 Å². The third-order valence-corrected chi connectivity index (χ3v) is 4.78. The van der Waals surface area contributed by atoms with E-state index >= 15 is 0 Å². The van der Waals surface area contributed by atoms with Gasteiger partial charge < -0.3 is 15.0 Å². The van der Waals surface area contributed by atoms with Gasteiger partial charge in [-0.25, -0.2) is 9.78 Å². The Bertz CT molecular complexity index is 1340. The van der Waals surface area contributed by atoms with Crippen LogP contribution in [0.25, 0.3) is 10.9 Å². The lowest BCUT2D eigenvalue weighted by Crippen LogP contribution is -2.27. The molecule has 3 aromatic heterocycles. The molecule has 32 heavy (non-hydrogen) atoms. The molecule has 0 aliphatic carbocycles. The van der Waals surface area contributed by atoms with Crippen molar-refractivity contribution in [2.75, 3.05) is 5.32 Å². The second-order valence-electron chi connectivity index (χ2n) is 6.99. The molecule has 0 saturated heterocycles. The lowest BCUT2D eigenvalue weighted by atomic mass is 10.1. The Labute approximate surface area is 182 Å². The standard InChI is InChI=1S/C23H19N5O4/c29-21(25-13-16-8-4-5-10-24-16)18-12-17-19(26-20(18)27-23(31)32)9-11-28(22(17)30)14-15-6-2-1-3-7-15/h1-12H,13-14H2,(H,25,29)(H,26,27)(H,31,32). The maximum Gasteiger partial charge on any atom is 0.410 e. The Kier molecular flexibility index (Phi) is 5.89. The van der Waals surface area contributed by atoms with E-state index in [0.29, 0.717) is 12.2 Å². The van der Waals surface area contributed by atoms with E-state index < -0.39 is 12.0 Å². The molecule has 0 aliphatic rings. The second-order valence-corrected chi connectivity index (χ2v) is 6.99. The monoisotopic (exact) mass is 429 g/mol. The van der Waals surface area contributed by atoms with Crippen LogP contribution in [0.15, 0.2) is 77.9 Å². The zero-order valence-corrected chi connectivity index (χ0v) is 16.9. The zero-order valence-electron chi connectivity index (χ0n) is 16.9. The molecule has 0 saturated carbocycles. The van der Waals surface area contributed by atoms with Crippen molar-refractivity contribution in [1.29, 1.82) is 0 Å². The molecular weight excluding hydrogens is 410 g/mol. The fourth-order valence-corrected chi connectivity index (χ4v) is 3.25. The molecule has 0 radical (unpaired) electrons. The minimum Gasteiger partial charge on any atom is -0.465 e. The summed E-state index contributed by atoms with van der Waals surface area (Å²) in [6, 6.07) is 17.8. The minimum atomic E-state index is -1.37. The third-order valence-electron chi connectivity index (χ3n) is 4.78. The molecule has 0 unspecified atom stereocenters. The number of carbonyl (C=O) groups is 2. The van der Waals surface area contributed by atoms with Gasteiger partial charge in [-0.3, -0.25) is 19.9 Å². The highest BCUT2D eigenvalue weighted by atomic mass is 16.4. The Morgan fingerprint density at radius 3 is 2.53 bits per heavy atom. The normalized spacial score (nSPS) is 10.6. The van der Waals surface area contributed by atoms with Gasteiger partial charge in [0.2, 0.25) is 0 Å². The highest BCUT2D eigenvalue weighted by Gasteiger charge is 2.18. The molecule has 0 fully saturated rings. The number of anilines is 1. The molecule has 2 amide bonds. The van der Waals surface area contributed by atoms with Crippen LogP contribution < -0.4 is 16.2 Å². The molecule has 0 aliphatic heterocycles. The van der Waals surface area contributed by atoms with Crippen molar-refractivity contribution in [2.24, 2.45) is 0 Å². The summed E-state index contributed by atoms with van der Waals surface area (Å²) in [5.74, 6) is -0.726. The van der Waals surface area contributed by atoms with E-state index in [-0.39, 0.29) is 34.4 Å². The summed E-state index contributed by atoms with van der Waals surface area (Å²) >= 11 is 0. The second kappa shape index (κ2) is 9.09. The summed E-state index contributed by atoms with van der Waals surface area (Å²) in [6.07, 6.45) is 1.83. The van der Waals surface area contributed by atoms with E-state index in [4.69, 9.17) is 5.11 Å². The van der Waals surface area contributed by atoms with Crippen LogP contribution in [0, 0.1) is 0 Å². The summed E-state index contributed by atoms with van der Waals surface area (Å²) in [5.41, 5.74) is 1.47. The number of aromatic nitrogens is 3. The van der Waals surface area contributed by atoms with Gasteiger partial charge >= 0.3 is 6.09 Å². The van der Waals surface area contributed by atoms with Gasteiger partial charge in [-0.1, -0.05) is 36.4 Å². The first-order chi connectivity index (χ1) is 15.5. The van der Waals surface area contributed by atoms with Crippen molar-refractivity contribution in [2.45, 2.75) is 13.1 Å². The van der Waals surface area contributed by atoms with Crippen LogP contribution in [0.1, 0.15) is 21.6 Å². The molecule has 9 nitrogen and oxygen atoms in total. The SMILES string of the molecule is O=C(O)Nc1nc2ccn(Cc3ccccc3)c(=O)c2cc1C(=O)NCc1ccccn1. The number of benzene rings is 1. The van der Waals surface area contributed by atoms with Crippen LogP contribution in [0.4, 0.5) is 10.6 Å². The molecule has 0 bridgehead atoms. The summed E-state index contributed by atoms with van der Waals surface area (Å²) in [4.78, 5) is 45.5. The Hall–Kier alpha value is -4.53. The average Bonchev–Trinajstić information content (AvgIpc) is 2.80. The number of fused-ring (bicyclic) bond motifs is 1. The van der Waals surface area contributed by atoms with Gasteiger partial charge in [0, 0.05) is 12.4 Å². The molecule has 4 aromatic rings.